The first-order valence-electron chi connectivity index (χ1n) is 3.16. The second kappa shape index (κ2) is 2.58. The van der Waals surface area contributed by atoms with Gasteiger partial charge in [-0.05, 0) is 0 Å². The molecule has 2 aliphatic rings. The number of amides is 1. The number of carbonyl (C=O) groups is 1. The topological polar surface area (TPSA) is 50.7 Å². The van der Waals surface area contributed by atoms with Crippen molar-refractivity contribution in [2.45, 2.75) is 0 Å². The Hall–Kier alpha value is -0.970. The second-order valence-electron chi connectivity index (χ2n) is 2.10. The minimum absolute atomic E-state index is 0.0688. The van der Waals surface area contributed by atoms with Crippen LogP contribution < -0.4 is 5.32 Å². The summed E-state index contributed by atoms with van der Waals surface area (Å²) in [6.45, 7) is 0.0688. The molecule has 1 amide bonds. The Bertz CT molecular complexity index is 259. The van der Waals surface area contributed by atoms with E-state index in [4.69, 9.17) is 4.74 Å². The van der Waals surface area contributed by atoms with Crippen LogP contribution in [-0.4, -0.2) is 24.3 Å². The van der Waals surface area contributed by atoms with Crippen LogP contribution in [0.5, 0.6) is 0 Å². The number of thioether (sulfide) groups is 1. The van der Waals surface area contributed by atoms with Gasteiger partial charge in [0.05, 0.1) is 10.8 Å². The molecule has 0 aliphatic carbocycles. The summed E-state index contributed by atoms with van der Waals surface area (Å²) in [6.07, 6.45) is 1.64. The van der Waals surface area contributed by atoms with Crippen molar-refractivity contribution in [1.82, 2.24) is 5.32 Å². The highest BCUT2D eigenvalue weighted by Gasteiger charge is 2.19. The summed E-state index contributed by atoms with van der Waals surface area (Å²) >= 11 is 1.56. The Labute approximate surface area is 67.7 Å². The highest BCUT2D eigenvalue weighted by molar-refractivity contribution is 8.04. The fourth-order valence-electron chi connectivity index (χ4n) is 0.842. The Morgan fingerprint density at radius 3 is 3.55 bits per heavy atom. The van der Waals surface area contributed by atoms with Crippen molar-refractivity contribution in [2.24, 2.45) is 4.99 Å². The van der Waals surface area contributed by atoms with Gasteiger partial charge in [-0.2, -0.15) is 0 Å². The number of hydrogen-bond acceptors (Lipinski definition) is 4. The van der Waals surface area contributed by atoms with E-state index in [-0.39, 0.29) is 12.5 Å². The number of ether oxygens (including phenoxy) is 1. The van der Waals surface area contributed by atoms with Crippen LogP contribution in [0.3, 0.4) is 0 Å². The molecule has 0 aromatic carbocycles. The Morgan fingerprint density at radius 1 is 1.73 bits per heavy atom. The third kappa shape index (κ3) is 1.23. The Kier molecular flexibility index (Phi) is 1.58. The van der Waals surface area contributed by atoms with Crippen LogP contribution in [0.25, 0.3) is 0 Å². The Balaban J connectivity index is 2.23. The van der Waals surface area contributed by atoms with Crippen molar-refractivity contribution in [3.8, 4) is 0 Å². The van der Waals surface area contributed by atoms with Gasteiger partial charge >= 0.3 is 0 Å². The zero-order valence-corrected chi connectivity index (χ0v) is 6.48. The van der Waals surface area contributed by atoms with Crippen LogP contribution in [0.1, 0.15) is 0 Å². The monoisotopic (exact) mass is 170 g/mol. The SMILES string of the molecule is O=C1COC2=NCSC2=CN1. The van der Waals surface area contributed by atoms with Crippen LogP contribution >= 0.6 is 11.8 Å². The largest absolute Gasteiger partial charge is 0.467 e. The van der Waals surface area contributed by atoms with Crippen molar-refractivity contribution in [3.05, 3.63) is 11.1 Å². The number of nitrogens with one attached hydrogen (secondary N) is 1. The number of hydrogen-bond donors (Lipinski definition) is 1. The van der Waals surface area contributed by atoms with Crippen LogP contribution in [-0.2, 0) is 9.53 Å². The molecule has 0 aromatic rings. The summed E-state index contributed by atoms with van der Waals surface area (Å²) in [4.78, 5) is 15.7. The lowest BCUT2D eigenvalue weighted by atomic mass is 10.6. The predicted molar refractivity (Wildman–Crippen MR) is 42.1 cm³/mol. The first-order valence-corrected chi connectivity index (χ1v) is 4.15. The lowest BCUT2D eigenvalue weighted by Gasteiger charge is -1.98. The molecule has 11 heavy (non-hydrogen) atoms. The summed E-state index contributed by atoms with van der Waals surface area (Å²) in [7, 11) is 0. The molecule has 0 bridgehead atoms. The number of rotatable bonds is 0. The maximum absolute atomic E-state index is 10.8. The molecule has 2 rings (SSSR count). The highest BCUT2D eigenvalue weighted by Crippen LogP contribution is 2.25. The second-order valence-corrected chi connectivity index (χ2v) is 3.09. The average molecular weight is 170 g/mol. The summed E-state index contributed by atoms with van der Waals surface area (Å²) in [5, 5.41) is 2.59. The van der Waals surface area contributed by atoms with Crippen LogP contribution in [0, 0.1) is 0 Å². The first-order chi connectivity index (χ1) is 5.36. The van der Waals surface area contributed by atoms with E-state index in [0.717, 1.165) is 4.91 Å². The van der Waals surface area contributed by atoms with Crippen molar-refractivity contribution < 1.29 is 9.53 Å². The van der Waals surface area contributed by atoms with Crippen LogP contribution in [0.4, 0.5) is 0 Å². The van der Waals surface area contributed by atoms with Gasteiger partial charge in [0.25, 0.3) is 5.91 Å². The maximum atomic E-state index is 10.8. The van der Waals surface area contributed by atoms with Gasteiger partial charge in [0.15, 0.2) is 6.61 Å². The van der Waals surface area contributed by atoms with Gasteiger partial charge in [-0.15, -0.1) is 0 Å². The van der Waals surface area contributed by atoms with Gasteiger partial charge in [0, 0.05) is 6.20 Å². The summed E-state index contributed by atoms with van der Waals surface area (Å²) < 4.78 is 5.09. The first kappa shape index (κ1) is 6.72. The van der Waals surface area contributed by atoms with E-state index in [1.807, 2.05) is 0 Å². The standard InChI is InChI=1S/C6H6N2O2S/c9-5-2-10-6-4(1-7-5)11-3-8-6/h1H,2-3H2,(H,7,9). The van der Waals surface area contributed by atoms with Crippen LogP contribution in [0.2, 0.25) is 0 Å². The van der Waals surface area contributed by atoms with E-state index >= 15 is 0 Å². The fraction of sp³-hybridized carbons (Fsp3) is 0.333. The molecule has 0 radical (unpaired) electrons. The molecule has 58 valence electrons. The normalized spacial score (nSPS) is 22.4. The number of carbonyl (C=O) groups excluding carboxylic acids is 1. The molecule has 0 saturated carbocycles. The summed E-state index contributed by atoms with van der Waals surface area (Å²) in [5.41, 5.74) is 0. The van der Waals surface area contributed by atoms with Crippen molar-refractivity contribution >= 4 is 23.6 Å². The molecule has 0 atom stereocenters. The van der Waals surface area contributed by atoms with Crippen molar-refractivity contribution in [1.29, 1.82) is 0 Å². The molecule has 0 saturated heterocycles. The quantitative estimate of drug-likeness (QED) is 0.560. The molecule has 0 spiro atoms. The smallest absolute Gasteiger partial charge is 0.261 e. The van der Waals surface area contributed by atoms with Crippen molar-refractivity contribution in [3.63, 3.8) is 0 Å². The van der Waals surface area contributed by atoms with Gasteiger partial charge in [-0.3, -0.25) is 4.79 Å². The van der Waals surface area contributed by atoms with Crippen LogP contribution in [0.15, 0.2) is 16.1 Å². The maximum Gasteiger partial charge on any atom is 0.261 e. The van der Waals surface area contributed by atoms with E-state index in [2.05, 4.69) is 10.3 Å². The zero-order valence-electron chi connectivity index (χ0n) is 5.66. The summed E-state index contributed by atoms with van der Waals surface area (Å²) in [6, 6.07) is 0. The van der Waals surface area contributed by atoms with E-state index in [9.17, 15) is 4.79 Å². The van der Waals surface area contributed by atoms with Gasteiger partial charge in [0.1, 0.15) is 0 Å². The third-order valence-corrected chi connectivity index (χ3v) is 2.20. The van der Waals surface area contributed by atoms with Crippen molar-refractivity contribution in [2.75, 3.05) is 12.5 Å². The minimum Gasteiger partial charge on any atom is -0.467 e. The number of nitrogens with zero attached hydrogens (tertiary/aromatic N) is 1. The molecule has 0 fully saturated rings. The fourth-order valence-corrected chi connectivity index (χ4v) is 1.55. The molecule has 1 N–H and O–H groups in total. The molecule has 4 nitrogen and oxygen atoms in total. The van der Waals surface area contributed by atoms with Gasteiger partial charge in [-0.25, -0.2) is 4.99 Å². The Morgan fingerprint density at radius 2 is 2.64 bits per heavy atom. The highest BCUT2D eigenvalue weighted by atomic mass is 32.2. The molecule has 0 unspecified atom stereocenters. The predicted octanol–water partition coefficient (Wildman–Crippen LogP) is 0.0770. The average Bonchev–Trinajstić information content (AvgIpc) is 2.38. The van der Waals surface area contributed by atoms with Gasteiger partial charge in [-0.1, -0.05) is 11.8 Å². The molecule has 0 aromatic heterocycles. The molecular formula is C6H6N2O2S. The molecule has 5 heteroatoms. The van der Waals surface area contributed by atoms with E-state index in [0.29, 0.717) is 11.8 Å². The van der Waals surface area contributed by atoms with Gasteiger partial charge < -0.3 is 10.1 Å². The zero-order chi connectivity index (χ0) is 7.68. The molecule has 2 heterocycles. The van der Waals surface area contributed by atoms with E-state index in [1.165, 1.54) is 0 Å². The molecule has 2 aliphatic heterocycles. The third-order valence-electron chi connectivity index (χ3n) is 1.34. The minimum atomic E-state index is -0.129. The van der Waals surface area contributed by atoms with E-state index in [1.54, 1.807) is 18.0 Å². The lowest BCUT2D eigenvalue weighted by molar-refractivity contribution is -0.122. The molecular weight excluding hydrogens is 164 g/mol. The van der Waals surface area contributed by atoms with Gasteiger partial charge in [0.2, 0.25) is 5.90 Å². The number of fused-ring (bicyclic) bond motifs is 1. The summed E-state index contributed by atoms with van der Waals surface area (Å²) in [5.74, 6) is 1.15. The number of aliphatic imine (C=N–C) groups is 1. The van der Waals surface area contributed by atoms with E-state index < -0.39 is 0 Å². The lowest BCUT2D eigenvalue weighted by Crippen LogP contribution is -2.20.